The van der Waals surface area contributed by atoms with Crippen molar-refractivity contribution in [1.82, 2.24) is 9.80 Å². The average Bonchev–Trinajstić information content (AvgIpc) is 3.31. The number of aliphatic hydroxyl groups is 1. The molecule has 3 amide bonds. The van der Waals surface area contributed by atoms with Crippen LogP contribution >= 0.6 is 11.8 Å². The molecular formula is C33H37N3O5S. The van der Waals surface area contributed by atoms with Gasteiger partial charge >= 0.3 is 0 Å². The number of thioether (sulfide) groups is 1. The van der Waals surface area contributed by atoms with E-state index < -0.39 is 22.6 Å². The minimum Gasteiger partial charge on any atom is -0.494 e. The number of fused-ring (bicyclic) bond motifs is 2. The fourth-order valence-electron chi connectivity index (χ4n) is 6.88. The molecule has 0 aliphatic carbocycles. The first kappa shape index (κ1) is 28.6. The quantitative estimate of drug-likeness (QED) is 0.356. The van der Waals surface area contributed by atoms with E-state index in [0.29, 0.717) is 45.6 Å². The van der Waals surface area contributed by atoms with Gasteiger partial charge in [-0.1, -0.05) is 54.6 Å². The summed E-state index contributed by atoms with van der Waals surface area (Å²) >= 11 is 1.59. The van der Waals surface area contributed by atoms with Crippen LogP contribution in [-0.2, 0) is 20.9 Å². The molecule has 4 aliphatic heterocycles. The number of hydrogen-bond donors (Lipinski definition) is 1. The molecule has 0 aromatic heterocycles. The molecule has 2 saturated heterocycles. The van der Waals surface area contributed by atoms with Gasteiger partial charge in [0, 0.05) is 43.7 Å². The van der Waals surface area contributed by atoms with Crippen molar-refractivity contribution in [2.45, 2.75) is 42.3 Å². The molecule has 0 radical (unpaired) electrons. The highest BCUT2D eigenvalue weighted by Gasteiger charge is 2.70. The normalized spacial score (nSPS) is 28.4. The Morgan fingerprint density at radius 3 is 2.48 bits per heavy atom. The van der Waals surface area contributed by atoms with Crippen LogP contribution in [0.15, 0.2) is 78.9 Å². The van der Waals surface area contributed by atoms with Crippen molar-refractivity contribution in [1.29, 1.82) is 0 Å². The summed E-state index contributed by atoms with van der Waals surface area (Å²) in [5, 5.41) is 9.22. The number of hydrogen-bond acceptors (Lipinski definition) is 6. The average molecular weight is 588 g/mol. The number of unbranched alkanes of at least 4 members (excludes halogenated alkanes) is 1. The Kier molecular flexibility index (Phi) is 8.14. The summed E-state index contributed by atoms with van der Waals surface area (Å²) in [6.45, 7) is 4.18. The van der Waals surface area contributed by atoms with Crippen LogP contribution in [0.5, 0.6) is 5.75 Å². The summed E-state index contributed by atoms with van der Waals surface area (Å²) in [5.74, 6) is -0.860. The van der Waals surface area contributed by atoms with Gasteiger partial charge in [-0.15, -0.1) is 11.8 Å². The van der Waals surface area contributed by atoms with E-state index in [1.807, 2.05) is 78.6 Å². The van der Waals surface area contributed by atoms with Crippen molar-refractivity contribution in [2.75, 3.05) is 37.7 Å². The van der Waals surface area contributed by atoms with Gasteiger partial charge in [0.1, 0.15) is 11.8 Å². The maximum atomic E-state index is 14.4. The summed E-state index contributed by atoms with van der Waals surface area (Å²) in [4.78, 5) is 48.4. The van der Waals surface area contributed by atoms with Gasteiger partial charge in [-0.3, -0.25) is 14.4 Å². The SMILES string of the molecule is CCOc1ccc(N2CC=C[C@@H]3S[C@]45C=CCN(Cc6ccccc6)C(=O)C4N(CCCCO)C(=O)[C@@H]5[C@@H]3C2=O)cc1. The van der Waals surface area contributed by atoms with Crippen molar-refractivity contribution in [3.8, 4) is 5.75 Å². The van der Waals surface area contributed by atoms with E-state index >= 15 is 0 Å². The molecule has 4 heterocycles. The fourth-order valence-corrected chi connectivity index (χ4v) is 8.89. The third kappa shape index (κ3) is 4.92. The van der Waals surface area contributed by atoms with Crippen LogP contribution < -0.4 is 9.64 Å². The molecule has 9 heteroatoms. The predicted octanol–water partition coefficient (Wildman–Crippen LogP) is 3.66. The van der Waals surface area contributed by atoms with Gasteiger partial charge in [-0.05, 0) is 49.6 Å². The molecular weight excluding hydrogens is 550 g/mol. The lowest BCUT2D eigenvalue weighted by atomic mass is 9.78. The Morgan fingerprint density at radius 1 is 0.952 bits per heavy atom. The summed E-state index contributed by atoms with van der Waals surface area (Å²) in [7, 11) is 0. The minimum absolute atomic E-state index is 0.0228. The van der Waals surface area contributed by atoms with Gasteiger partial charge in [0.15, 0.2) is 0 Å². The highest BCUT2D eigenvalue weighted by atomic mass is 32.2. The number of ether oxygens (including phenoxy) is 1. The van der Waals surface area contributed by atoms with Gasteiger partial charge < -0.3 is 24.5 Å². The van der Waals surface area contributed by atoms with Crippen molar-refractivity contribution >= 4 is 35.2 Å². The number of amides is 3. The standard InChI is InChI=1S/C33H37N3O5S/c1-2-41-25-15-13-24(14-16-25)35-20-8-12-26-27(30(35)38)28-31(39)36(19-6-7-21-37)29-32(40)34(18-9-17-33(28,29)42-26)22-23-10-4-3-5-11-23/h3-5,8-17,26-29,37H,2,6-7,18-22H2,1H3/t26-,27+,28-,29?,33-/m0/s1. The van der Waals surface area contributed by atoms with Crippen LogP contribution in [-0.4, -0.2) is 81.5 Å². The first-order valence-electron chi connectivity index (χ1n) is 14.8. The molecule has 1 spiro atoms. The van der Waals surface area contributed by atoms with E-state index in [1.165, 1.54) is 0 Å². The summed E-state index contributed by atoms with van der Waals surface area (Å²) in [5.41, 5.74) is 1.78. The van der Waals surface area contributed by atoms with Crippen LogP contribution in [0, 0.1) is 11.8 Å². The molecule has 42 heavy (non-hydrogen) atoms. The number of anilines is 1. The number of likely N-dealkylation sites (tertiary alicyclic amines) is 1. The maximum absolute atomic E-state index is 14.4. The van der Waals surface area contributed by atoms with E-state index in [1.54, 1.807) is 21.6 Å². The van der Waals surface area contributed by atoms with Gasteiger partial charge in [0.25, 0.3) is 0 Å². The molecule has 2 fully saturated rings. The van der Waals surface area contributed by atoms with Crippen molar-refractivity contribution in [2.24, 2.45) is 11.8 Å². The Hall–Kier alpha value is -3.56. The molecule has 0 bridgehead atoms. The summed E-state index contributed by atoms with van der Waals surface area (Å²) in [6.07, 6.45) is 9.25. The van der Waals surface area contributed by atoms with Crippen LogP contribution in [0.3, 0.4) is 0 Å². The largest absolute Gasteiger partial charge is 0.494 e. The summed E-state index contributed by atoms with van der Waals surface area (Å²) < 4.78 is 4.74. The van der Waals surface area contributed by atoms with E-state index in [2.05, 4.69) is 12.2 Å². The van der Waals surface area contributed by atoms with E-state index in [-0.39, 0.29) is 29.6 Å². The molecule has 5 atom stereocenters. The first-order chi connectivity index (χ1) is 20.5. The lowest BCUT2D eigenvalue weighted by Gasteiger charge is -2.35. The molecule has 0 saturated carbocycles. The Labute approximate surface area is 251 Å². The Balaban J connectivity index is 1.36. The molecule has 2 aromatic rings. The van der Waals surface area contributed by atoms with E-state index in [4.69, 9.17) is 4.74 Å². The third-order valence-corrected chi connectivity index (χ3v) is 10.5. The third-order valence-electron chi connectivity index (χ3n) is 8.72. The second-order valence-corrected chi connectivity index (χ2v) is 12.7. The number of benzene rings is 2. The van der Waals surface area contributed by atoms with Gasteiger partial charge in [0.05, 0.1) is 23.2 Å². The molecule has 220 valence electrons. The zero-order chi connectivity index (χ0) is 29.3. The lowest BCUT2D eigenvalue weighted by molar-refractivity contribution is -0.143. The zero-order valence-electron chi connectivity index (χ0n) is 23.8. The number of nitrogens with zero attached hydrogens (tertiary/aromatic N) is 3. The van der Waals surface area contributed by atoms with Crippen molar-refractivity contribution in [3.63, 3.8) is 0 Å². The van der Waals surface area contributed by atoms with Gasteiger partial charge in [-0.2, -0.15) is 0 Å². The molecule has 8 nitrogen and oxygen atoms in total. The fraction of sp³-hybridized carbons (Fsp3) is 0.424. The monoisotopic (exact) mass is 587 g/mol. The minimum atomic E-state index is -0.851. The van der Waals surface area contributed by atoms with Crippen molar-refractivity contribution in [3.05, 3.63) is 84.5 Å². The number of carbonyl (C=O) groups excluding carboxylic acids is 3. The molecule has 1 N–H and O–H groups in total. The lowest BCUT2D eigenvalue weighted by Crippen LogP contribution is -2.53. The first-order valence-corrected chi connectivity index (χ1v) is 15.7. The Morgan fingerprint density at radius 2 is 1.74 bits per heavy atom. The molecule has 4 aliphatic rings. The van der Waals surface area contributed by atoms with Crippen LogP contribution in [0.4, 0.5) is 5.69 Å². The number of aliphatic hydroxyl groups excluding tert-OH is 1. The zero-order valence-corrected chi connectivity index (χ0v) is 24.6. The molecule has 1 unspecified atom stereocenters. The Bertz CT molecular complexity index is 1380. The van der Waals surface area contributed by atoms with Crippen LogP contribution in [0.1, 0.15) is 25.3 Å². The second kappa shape index (κ2) is 12.0. The van der Waals surface area contributed by atoms with Gasteiger partial charge in [-0.25, -0.2) is 0 Å². The maximum Gasteiger partial charge on any atom is 0.247 e. The van der Waals surface area contributed by atoms with E-state index in [0.717, 1.165) is 17.0 Å². The number of rotatable bonds is 9. The smallest absolute Gasteiger partial charge is 0.247 e. The van der Waals surface area contributed by atoms with Gasteiger partial charge in [0.2, 0.25) is 17.7 Å². The highest BCUT2D eigenvalue weighted by Crippen LogP contribution is 2.61. The molecule has 2 aromatic carbocycles. The topological polar surface area (TPSA) is 90.4 Å². The number of carbonyl (C=O) groups is 3. The second-order valence-electron chi connectivity index (χ2n) is 11.2. The highest BCUT2D eigenvalue weighted by molar-refractivity contribution is 8.02. The molecule has 6 rings (SSSR count). The van der Waals surface area contributed by atoms with Crippen LogP contribution in [0.25, 0.3) is 0 Å². The predicted molar refractivity (Wildman–Crippen MR) is 163 cm³/mol. The van der Waals surface area contributed by atoms with E-state index in [9.17, 15) is 19.5 Å². The van der Waals surface area contributed by atoms with Crippen LogP contribution in [0.2, 0.25) is 0 Å². The summed E-state index contributed by atoms with van der Waals surface area (Å²) in [6, 6.07) is 16.6. The van der Waals surface area contributed by atoms with Crippen molar-refractivity contribution < 1.29 is 24.2 Å².